The van der Waals surface area contributed by atoms with Gasteiger partial charge in [-0.1, -0.05) is 6.07 Å². The van der Waals surface area contributed by atoms with Gasteiger partial charge in [0.1, 0.15) is 11.5 Å². The van der Waals surface area contributed by atoms with Gasteiger partial charge in [0, 0.05) is 51.1 Å². The van der Waals surface area contributed by atoms with Crippen molar-refractivity contribution in [2.45, 2.75) is 13.3 Å². The monoisotopic (exact) mass is 324 g/mol. The average molecular weight is 324 g/mol. The Morgan fingerprint density at radius 2 is 1.92 bits per heavy atom. The van der Waals surface area contributed by atoms with Crippen molar-refractivity contribution in [1.29, 1.82) is 0 Å². The van der Waals surface area contributed by atoms with E-state index in [0.29, 0.717) is 17.8 Å². The molecule has 0 spiro atoms. The van der Waals surface area contributed by atoms with Crippen LogP contribution in [0, 0.1) is 0 Å². The van der Waals surface area contributed by atoms with E-state index in [9.17, 15) is 9.59 Å². The van der Waals surface area contributed by atoms with Crippen molar-refractivity contribution in [1.82, 2.24) is 14.9 Å². The summed E-state index contributed by atoms with van der Waals surface area (Å²) in [5.74, 6) is 0.741. The molecule has 0 atom stereocenters. The molecule has 0 N–H and O–H groups in total. The molecule has 0 aliphatic carbocycles. The molecule has 124 valence electrons. The Balaban J connectivity index is 1.78. The minimum Gasteiger partial charge on any atom is -0.355 e. The molecule has 0 radical (unpaired) electrons. The van der Waals surface area contributed by atoms with Gasteiger partial charge in [-0.15, -0.1) is 0 Å². The molecule has 0 unspecified atom stereocenters. The number of nitrogens with zero attached hydrogens (tertiary/aromatic N) is 4. The summed E-state index contributed by atoms with van der Waals surface area (Å²) in [4.78, 5) is 36.5. The van der Waals surface area contributed by atoms with Crippen LogP contribution in [0.25, 0.3) is 0 Å². The maximum atomic E-state index is 12.5. The van der Waals surface area contributed by atoms with E-state index >= 15 is 0 Å². The summed E-state index contributed by atoms with van der Waals surface area (Å²) in [6, 6.07) is 8.95. The van der Waals surface area contributed by atoms with E-state index in [-0.39, 0.29) is 11.7 Å². The molecule has 2 aromatic heterocycles. The van der Waals surface area contributed by atoms with Crippen molar-refractivity contribution in [2.75, 3.05) is 31.1 Å². The molecular formula is C18H20N4O2. The molecule has 0 saturated carbocycles. The third kappa shape index (κ3) is 3.59. The van der Waals surface area contributed by atoms with Gasteiger partial charge in [0.2, 0.25) is 11.7 Å². The highest BCUT2D eigenvalue weighted by Gasteiger charge is 2.19. The molecule has 1 aliphatic rings. The van der Waals surface area contributed by atoms with Crippen molar-refractivity contribution in [2.24, 2.45) is 0 Å². The zero-order valence-electron chi connectivity index (χ0n) is 13.7. The van der Waals surface area contributed by atoms with E-state index in [2.05, 4.69) is 14.9 Å². The lowest BCUT2D eigenvalue weighted by Gasteiger charge is -2.22. The van der Waals surface area contributed by atoms with E-state index in [1.54, 1.807) is 37.5 Å². The molecule has 1 aliphatic heterocycles. The van der Waals surface area contributed by atoms with Gasteiger partial charge in [0.05, 0.1) is 0 Å². The lowest BCUT2D eigenvalue weighted by Crippen LogP contribution is -2.34. The highest BCUT2D eigenvalue weighted by molar-refractivity contribution is 6.07. The maximum absolute atomic E-state index is 12.5. The zero-order valence-corrected chi connectivity index (χ0v) is 13.7. The average Bonchev–Trinajstić information content (AvgIpc) is 2.88. The molecule has 0 aromatic carbocycles. The van der Waals surface area contributed by atoms with E-state index in [4.69, 9.17) is 0 Å². The summed E-state index contributed by atoms with van der Waals surface area (Å²) >= 11 is 0. The van der Waals surface area contributed by atoms with Crippen LogP contribution >= 0.6 is 0 Å². The number of hydrogen-bond donors (Lipinski definition) is 0. The number of ketones is 1. The van der Waals surface area contributed by atoms with E-state index in [1.165, 1.54) is 0 Å². The van der Waals surface area contributed by atoms with Crippen molar-refractivity contribution in [3.05, 3.63) is 54.0 Å². The Bertz CT molecular complexity index is 733. The van der Waals surface area contributed by atoms with Crippen LogP contribution in [-0.2, 0) is 4.79 Å². The van der Waals surface area contributed by atoms with Gasteiger partial charge < -0.3 is 9.80 Å². The van der Waals surface area contributed by atoms with Gasteiger partial charge in [0.25, 0.3) is 0 Å². The highest BCUT2D eigenvalue weighted by Crippen LogP contribution is 2.16. The first kappa shape index (κ1) is 16.1. The Morgan fingerprint density at radius 3 is 2.67 bits per heavy atom. The molecule has 3 rings (SSSR count). The van der Waals surface area contributed by atoms with Gasteiger partial charge in [-0.2, -0.15) is 0 Å². The standard InChI is InChI=1S/C18H20N4O2/c1-14(23)21-9-4-10-22(12-11-21)17-7-2-6-16(20-17)18(24)15-5-3-8-19-13-15/h2-3,5-8,13H,4,9-12H2,1H3. The predicted octanol–water partition coefficient (Wildman–Crippen LogP) is 1.77. The lowest BCUT2D eigenvalue weighted by molar-refractivity contribution is -0.128. The molecule has 24 heavy (non-hydrogen) atoms. The number of hydrogen-bond acceptors (Lipinski definition) is 5. The van der Waals surface area contributed by atoms with Crippen LogP contribution in [0.2, 0.25) is 0 Å². The van der Waals surface area contributed by atoms with Crippen LogP contribution in [0.3, 0.4) is 0 Å². The first-order chi connectivity index (χ1) is 11.6. The maximum Gasteiger partial charge on any atom is 0.219 e. The summed E-state index contributed by atoms with van der Waals surface area (Å²) in [6.45, 7) is 4.58. The quantitative estimate of drug-likeness (QED) is 0.805. The van der Waals surface area contributed by atoms with Crippen molar-refractivity contribution in [3.8, 4) is 0 Å². The van der Waals surface area contributed by atoms with E-state index in [1.807, 2.05) is 17.0 Å². The molecular weight excluding hydrogens is 304 g/mol. The Kier molecular flexibility index (Phi) is 4.84. The third-order valence-electron chi connectivity index (χ3n) is 4.16. The second-order valence-electron chi connectivity index (χ2n) is 5.80. The summed E-state index contributed by atoms with van der Waals surface area (Å²) in [5.41, 5.74) is 0.939. The summed E-state index contributed by atoms with van der Waals surface area (Å²) in [5, 5.41) is 0. The molecule has 6 heteroatoms. The van der Waals surface area contributed by atoms with E-state index < -0.39 is 0 Å². The smallest absolute Gasteiger partial charge is 0.219 e. The van der Waals surface area contributed by atoms with Crippen molar-refractivity contribution >= 4 is 17.5 Å². The number of anilines is 1. The van der Waals surface area contributed by atoms with Crippen LogP contribution < -0.4 is 4.90 Å². The van der Waals surface area contributed by atoms with Gasteiger partial charge in [-0.05, 0) is 30.7 Å². The zero-order chi connectivity index (χ0) is 16.9. The van der Waals surface area contributed by atoms with Crippen molar-refractivity contribution in [3.63, 3.8) is 0 Å². The van der Waals surface area contributed by atoms with E-state index in [0.717, 1.165) is 31.9 Å². The lowest BCUT2D eigenvalue weighted by atomic mass is 10.1. The van der Waals surface area contributed by atoms with Crippen molar-refractivity contribution < 1.29 is 9.59 Å². The second-order valence-corrected chi connectivity index (χ2v) is 5.80. The molecule has 1 fully saturated rings. The molecule has 1 amide bonds. The van der Waals surface area contributed by atoms with Gasteiger partial charge in [0.15, 0.2) is 0 Å². The molecule has 6 nitrogen and oxygen atoms in total. The fraction of sp³-hybridized carbons (Fsp3) is 0.333. The first-order valence-corrected chi connectivity index (χ1v) is 8.07. The Labute approximate surface area is 141 Å². The van der Waals surface area contributed by atoms with Gasteiger partial charge in [-0.3, -0.25) is 14.6 Å². The summed E-state index contributed by atoms with van der Waals surface area (Å²) in [7, 11) is 0. The fourth-order valence-electron chi connectivity index (χ4n) is 2.83. The SMILES string of the molecule is CC(=O)N1CCCN(c2cccc(C(=O)c3cccnc3)n2)CC1. The Morgan fingerprint density at radius 1 is 1.04 bits per heavy atom. The largest absolute Gasteiger partial charge is 0.355 e. The fourth-order valence-corrected chi connectivity index (χ4v) is 2.83. The van der Waals surface area contributed by atoms with Crippen LogP contribution in [0.4, 0.5) is 5.82 Å². The van der Waals surface area contributed by atoms with Crippen LogP contribution in [0.1, 0.15) is 29.4 Å². The molecule has 1 saturated heterocycles. The van der Waals surface area contributed by atoms with Crippen LogP contribution in [0.5, 0.6) is 0 Å². The highest BCUT2D eigenvalue weighted by atomic mass is 16.2. The topological polar surface area (TPSA) is 66.4 Å². The van der Waals surface area contributed by atoms with Crippen LogP contribution in [-0.4, -0.2) is 52.7 Å². The van der Waals surface area contributed by atoms with Gasteiger partial charge in [-0.25, -0.2) is 4.98 Å². The predicted molar refractivity (Wildman–Crippen MR) is 91.0 cm³/mol. The summed E-state index contributed by atoms with van der Waals surface area (Å²) < 4.78 is 0. The number of carbonyl (C=O) groups is 2. The minimum atomic E-state index is -0.134. The normalized spacial score (nSPS) is 15.0. The molecule has 0 bridgehead atoms. The number of amides is 1. The minimum absolute atomic E-state index is 0.102. The Hall–Kier alpha value is -2.76. The third-order valence-corrected chi connectivity index (χ3v) is 4.16. The summed E-state index contributed by atoms with van der Waals surface area (Å²) in [6.07, 6.45) is 4.08. The number of pyridine rings is 2. The second kappa shape index (κ2) is 7.21. The number of rotatable bonds is 3. The van der Waals surface area contributed by atoms with Crippen LogP contribution in [0.15, 0.2) is 42.7 Å². The van der Waals surface area contributed by atoms with Gasteiger partial charge >= 0.3 is 0 Å². The molecule has 2 aromatic rings. The molecule has 3 heterocycles. The number of carbonyl (C=O) groups excluding carboxylic acids is 2. The number of aromatic nitrogens is 2. The first-order valence-electron chi connectivity index (χ1n) is 8.07.